The lowest BCUT2D eigenvalue weighted by molar-refractivity contribution is -0.163. The molecule has 1 amide bonds. The van der Waals surface area contributed by atoms with Gasteiger partial charge in [0.25, 0.3) is 5.91 Å². The van der Waals surface area contributed by atoms with Crippen LogP contribution in [0.5, 0.6) is 5.75 Å². The second-order valence-corrected chi connectivity index (χ2v) is 4.72. The molecule has 1 N–H and O–H groups in total. The molecule has 94 valence electrons. The fraction of sp³-hybridized carbons (Fsp3) is 0.333. The van der Waals surface area contributed by atoms with Crippen molar-refractivity contribution >= 4 is 23.5 Å². The van der Waals surface area contributed by atoms with Crippen LogP contribution in [0.2, 0.25) is 5.02 Å². The highest BCUT2D eigenvalue weighted by molar-refractivity contribution is 6.30. The van der Waals surface area contributed by atoms with Gasteiger partial charge in [0.1, 0.15) is 11.8 Å². The molecule has 1 saturated heterocycles. The molecule has 0 bridgehead atoms. The Hall–Kier alpha value is -1.75. The number of rotatable bonds is 1. The number of ether oxygens (including phenoxy) is 2. The third-order valence-electron chi connectivity index (χ3n) is 3.04. The maximum absolute atomic E-state index is 11.4. The molecule has 0 saturated carbocycles. The van der Waals surface area contributed by atoms with Crippen LogP contribution in [0, 0.1) is 0 Å². The van der Waals surface area contributed by atoms with E-state index in [0.29, 0.717) is 16.3 Å². The number of carbonyl (C=O) groups excluding carboxylic acids is 2. The molecule has 3 rings (SSSR count). The Kier molecular flexibility index (Phi) is 2.45. The zero-order valence-corrected chi connectivity index (χ0v) is 10.2. The zero-order chi connectivity index (χ0) is 12.9. The summed E-state index contributed by atoms with van der Waals surface area (Å²) in [6.45, 7) is 1.33. The molecule has 3 atom stereocenters. The SMILES string of the molecule is CC(=O)O[C@@H]1c2cc(Cl)ccc2O[C@@H]2C(=O)N[C@@H]21. The Morgan fingerprint density at radius 3 is 2.94 bits per heavy atom. The topological polar surface area (TPSA) is 64.6 Å². The van der Waals surface area contributed by atoms with Crippen LogP contribution in [0.4, 0.5) is 0 Å². The summed E-state index contributed by atoms with van der Waals surface area (Å²) in [6.07, 6.45) is -1.14. The lowest BCUT2D eigenvalue weighted by Crippen LogP contribution is -2.68. The number of esters is 1. The van der Waals surface area contributed by atoms with E-state index in [1.54, 1.807) is 18.2 Å². The smallest absolute Gasteiger partial charge is 0.303 e. The molecule has 5 nitrogen and oxygen atoms in total. The number of hydrogen-bond acceptors (Lipinski definition) is 4. The van der Waals surface area contributed by atoms with Crippen molar-refractivity contribution in [2.45, 2.75) is 25.2 Å². The number of fused-ring (bicyclic) bond motifs is 2. The number of amides is 1. The van der Waals surface area contributed by atoms with Crippen molar-refractivity contribution in [2.75, 3.05) is 0 Å². The van der Waals surface area contributed by atoms with Crippen molar-refractivity contribution in [3.05, 3.63) is 28.8 Å². The maximum Gasteiger partial charge on any atom is 0.303 e. The third kappa shape index (κ3) is 1.62. The van der Waals surface area contributed by atoms with E-state index in [1.165, 1.54) is 6.92 Å². The minimum absolute atomic E-state index is 0.197. The van der Waals surface area contributed by atoms with E-state index in [2.05, 4.69) is 5.32 Å². The number of β-lactam (4-membered cyclic amide) rings is 1. The average molecular weight is 268 g/mol. The monoisotopic (exact) mass is 267 g/mol. The first-order valence-electron chi connectivity index (χ1n) is 5.50. The van der Waals surface area contributed by atoms with Crippen molar-refractivity contribution in [1.82, 2.24) is 5.32 Å². The van der Waals surface area contributed by atoms with E-state index in [9.17, 15) is 9.59 Å². The minimum atomic E-state index is -0.594. The first-order chi connectivity index (χ1) is 8.56. The van der Waals surface area contributed by atoms with Gasteiger partial charge in [0.05, 0.1) is 0 Å². The summed E-state index contributed by atoms with van der Waals surface area (Å²) < 4.78 is 10.8. The van der Waals surface area contributed by atoms with Gasteiger partial charge in [0, 0.05) is 17.5 Å². The molecule has 2 aliphatic rings. The Balaban J connectivity index is 2.03. The number of nitrogens with one attached hydrogen (secondary N) is 1. The lowest BCUT2D eigenvalue weighted by Gasteiger charge is -2.44. The second-order valence-electron chi connectivity index (χ2n) is 4.29. The van der Waals surface area contributed by atoms with Crippen LogP contribution in [-0.4, -0.2) is 24.0 Å². The second kappa shape index (κ2) is 3.88. The predicted molar refractivity (Wildman–Crippen MR) is 62.3 cm³/mol. The summed E-state index contributed by atoms with van der Waals surface area (Å²) in [5.74, 6) is -0.0766. The molecule has 0 unspecified atom stereocenters. The van der Waals surface area contributed by atoms with Crippen molar-refractivity contribution < 1.29 is 19.1 Å². The van der Waals surface area contributed by atoms with Crippen LogP contribution in [0.1, 0.15) is 18.6 Å². The first kappa shape index (κ1) is 11.3. The molecule has 1 aromatic rings. The van der Waals surface area contributed by atoms with Crippen LogP contribution in [0.15, 0.2) is 18.2 Å². The Labute approximate surface area is 108 Å². The van der Waals surface area contributed by atoms with Crippen molar-refractivity contribution in [3.63, 3.8) is 0 Å². The zero-order valence-electron chi connectivity index (χ0n) is 9.48. The summed E-state index contributed by atoms with van der Waals surface area (Å²) in [4.78, 5) is 22.5. The Morgan fingerprint density at radius 2 is 2.28 bits per heavy atom. The maximum atomic E-state index is 11.4. The van der Waals surface area contributed by atoms with E-state index < -0.39 is 18.2 Å². The van der Waals surface area contributed by atoms with Crippen molar-refractivity contribution in [1.29, 1.82) is 0 Å². The van der Waals surface area contributed by atoms with E-state index in [-0.39, 0.29) is 11.9 Å². The summed E-state index contributed by atoms with van der Waals surface area (Å²) >= 11 is 5.93. The third-order valence-corrected chi connectivity index (χ3v) is 3.28. The molecule has 0 radical (unpaired) electrons. The highest BCUT2D eigenvalue weighted by atomic mass is 35.5. The summed E-state index contributed by atoms with van der Waals surface area (Å²) in [6, 6.07) is 4.69. The van der Waals surface area contributed by atoms with Gasteiger partial charge in [0.15, 0.2) is 6.10 Å². The molecule has 6 heteroatoms. The fourth-order valence-corrected chi connectivity index (χ4v) is 2.43. The highest BCUT2D eigenvalue weighted by Gasteiger charge is 2.52. The van der Waals surface area contributed by atoms with Gasteiger partial charge in [-0.3, -0.25) is 9.59 Å². The largest absolute Gasteiger partial charge is 0.478 e. The molecule has 0 aromatic heterocycles. The lowest BCUT2D eigenvalue weighted by atomic mass is 9.88. The van der Waals surface area contributed by atoms with Gasteiger partial charge in [-0.05, 0) is 18.2 Å². The molecule has 2 heterocycles. The van der Waals surface area contributed by atoms with Crippen LogP contribution in [0.3, 0.4) is 0 Å². The molecule has 2 aliphatic heterocycles. The molecule has 18 heavy (non-hydrogen) atoms. The summed E-state index contributed by atoms with van der Waals surface area (Å²) in [5.41, 5.74) is 0.680. The molecular weight excluding hydrogens is 258 g/mol. The van der Waals surface area contributed by atoms with Crippen LogP contribution < -0.4 is 10.1 Å². The standard InChI is InChI=1S/C12H10ClNO4/c1-5(15)17-10-7-4-6(13)2-3-8(7)18-11-9(10)14-12(11)16/h2-4,9-11H,1H3,(H,14,16)/t9-,10-,11+/m1/s1. The fourth-order valence-electron chi connectivity index (χ4n) is 2.25. The van der Waals surface area contributed by atoms with Crippen molar-refractivity contribution in [2.24, 2.45) is 0 Å². The minimum Gasteiger partial charge on any atom is -0.478 e. The molecule has 1 aromatic carbocycles. The van der Waals surface area contributed by atoms with E-state index in [1.807, 2.05) is 0 Å². The van der Waals surface area contributed by atoms with Gasteiger partial charge in [0.2, 0.25) is 6.10 Å². The van der Waals surface area contributed by atoms with E-state index >= 15 is 0 Å². The average Bonchev–Trinajstić information content (AvgIpc) is 2.30. The molecule has 1 fully saturated rings. The number of carbonyl (C=O) groups is 2. The first-order valence-corrected chi connectivity index (χ1v) is 5.88. The van der Waals surface area contributed by atoms with Gasteiger partial charge < -0.3 is 14.8 Å². The van der Waals surface area contributed by atoms with Gasteiger partial charge >= 0.3 is 5.97 Å². The normalized spacial score (nSPS) is 28.1. The van der Waals surface area contributed by atoms with E-state index in [4.69, 9.17) is 21.1 Å². The van der Waals surface area contributed by atoms with Gasteiger partial charge in [-0.2, -0.15) is 0 Å². The van der Waals surface area contributed by atoms with Crippen LogP contribution in [-0.2, 0) is 14.3 Å². The Morgan fingerprint density at radius 1 is 1.50 bits per heavy atom. The van der Waals surface area contributed by atoms with Crippen molar-refractivity contribution in [3.8, 4) is 5.75 Å². The predicted octanol–water partition coefficient (Wildman–Crippen LogP) is 1.20. The quantitative estimate of drug-likeness (QED) is 0.613. The number of hydrogen-bond donors (Lipinski definition) is 1. The highest BCUT2D eigenvalue weighted by Crippen LogP contribution is 2.41. The summed E-state index contributed by atoms with van der Waals surface area (Å²) in [5, 5.41) is 3.20. The van der Waals surface area contributed by atoms with Gasteiger partial charge in [-0.25, -0.2) is 0 Å². The van der Waals surface area contributed by atoms with E-state index in [0.717, 1.165) is 0 Å². The van der Waals surface area contributed by atoms with Gasteiger partial charge in [-0.1, -0.05) is 11.6 Å². The Bertz CT molecular complexity index is 545. The van der Waals surface area contributed by atoms with Crippen LogP contribution >= 0.6 is 11.6 Å². The molecule has 0 aliphatic carbocycles. The number of benzene rings is 1. The molecule has 0 spiro atoms. The number of halogens is 1. The summed E-state index contributed by atoms with van der Waals surface area (Å²) in [7, 11) is 0. The van der Waals surface area contributed by atoms with Gasteiger partial charge in [-0.15, -0.1) is 0 Å². The molecular formula is C12H10ClNO4. The van der Waals surface area contributed by atoms with Crippen LogP contribution in [0.25, 0.3) is 0 Å².